The molecule has 0 bridgehead atoms. The van der Waals surface area contributed by atoms with Gasteiger partial charge < -0.3 is 20.7 Å². The fourth-order valence-corrected chi connectivity index (χ4v) is 1.51. The van der Waals surface area contributed by atoms with Gasteiger partial charge in [0.25, 0.3) is 0 Å². The largest absolute Gasteiger partial charge is 0.399 e. The molecule has 5 heteroatoms. The summed E-state index contributed by atoms with van der Waals surface area (Å²) in [6, 6.07) is 5.62. The molecule has 0 aliphatic rings. The van der Waals surface area contributed by atoms with E-state index < -0.39 is 6.10 Å². The van der Waals surface area contributed by atoms with Crippen molar-refractivity contribution >= 4 is 20.8 Å². The van der Waals surface area contributed by atoms with E-state index in [1.165, 1.54) is 0 Å². The lowest BCUT2D eigenvalue weighted by molar-refractivity contribution is 0.129. The molecule has 4 N–H and O–H groups in total. The van der Waals surface area contributed by atoms with Gasteiger partial charge in [0, 0.05) is 27.4 Å². The predicted octanol–water partition coefficient (Wildman–Crippen LogP) is 2.18. The van der Waals surface area contributed by atoms with Crippen molar-refractivity contribution in [3.63, 3.8) is 0 Å². The van der Waals surface area contributed by atoms with Gasteiger partial charge in [-0.2, -0.15) is 0 Å². The van der Waals surface area contributed by atoms with Crippen molar-refractivity contribution in [2.24, 2.45) is 0 Å². The smallest absolute Gasteiger partial charge is 0.0948 e. The standard InChI is InChI=1S/C10H17N2O2P.C2H6/c1-7-4-8(11)2-3-10(7)12-5-9(13)6-14-15;1-2/h2-4,9,12-13H,5-6,11,15H2,1H3;1-2H3. The quantitative estimate of drug-likeness (QED) is 0.559. The molecule has 2 unspecified atom stereocenters. The number of rotatable bonds is 5. The van der Waals surface area contributed by atoms with Crippen LogP contribution in [-0.2, 0) is 4.52 Å². The first kappa shape index (κ1) is 16.2. The summed E-state index contributed by atoms with van der Waals surface area (Å²) >= 11 is 0. The summed E-state index contributed by atoms with van der Waals surface area (Å²) in [5, 5.41) is 12.6. The molecular formula is C12H23N2O2P. The average Bonchev–Trinajstić information content (AvgIpc) is 2.31. The minimum Gasteiger partial charge on any atom is -0.399 e. The van der Waals surface area contributed by atoms with Gasteiger partial charge in [-0.25, -0.2) is 0 Å². The van der Waals surface area contributed by atoms with E-state index in [9.17, 15) is 5.11 Å². The third-order valence-corrected chi connectivity index (χ3v) is 2.26. The van der Waals surface area contributed by atoms with Gasteiger partial charge in [0.05, 0.1) is 12.7 Å². The van der Waals surface area contributed by atoms with Crippen molar-refractivity contribution in [3.05, 3.63) is 23.8 Å². The molecule has 98 valence electrons. The highest BCUT2D eigenvalue weighted by Crippen LogP contribution is 2.17. The Labute approximate surface area is 106 Å². The van der Waals surface area contributed by atoms with E-state index in [-0.39, 0.29) is 0 Å². The van der Waals surface area contributed by atoms with Gasteiger partial charge >= 0.3 is 0 Å². The van der Waals surface area contributed by atoms with Crippen molar-refractivity contribution in [2.75, 3.05) is 24.2 Å². The van der Waals surface area contributed by atoms with E-state index in [4.69, 9.17) is 10.3 Å². The van der Waals surface area contributed by atoms with Gasteiger partial charge in [0.2, 0.25) is 0 Å². The van der Waals surface area contributed by atoms with Crippen molar-refractivity contribution in [1.29, 1.82) is 0 Å². The van der Waals surface area contributed by atoms with Crippen LogP contribution in [0, 0.1) is 6.92 Å². The molecule has 1 aromatic carbocycles. The molecule has 0 aliphatic carbocycles. The second-order valence-corrected chi connectivity index (χ2v) is 3.78. The maximum Gasteiger partial charge on any atom is 0.0948 e. The van der Waals surface area contributed by atoms with Crippen molar-refractivity contribution in [1.82, 2.24) is 0 Å². The molecule has 0 radical (unpaired) electrons. The number of aryl methyl sites for hydroxylation is 1. The summed E-state index contributed by atoms with van der Waals surface area (Å²) in [5.74, 6) is 0. The van der Waals surface area contributed by atoms with Crippen LogP contribution in [0.4, 0.5) is 11.4 Å². The van der Waals surface area contributed by atoms with Crippen molar-refractivity contribution in [3.8, 4) is 0 Å². The Morgan fingerprint density at radius 2 is 2.12 bits per heavy atom. The molecule has 0 aliphatic heterocycles. The van der Waals surface area contributed by atoms with Crippen LogP contribution in [0.1, 0.15) is 19.4 Å². The molecule has 0 amide bonds. The number of aliphatic hydroxyl groups is 1. The SMILES string of the molecule is CC.Cc1cc(N)ccc1NCC(O)COP. The lowest BCUT2D eigenvalue weighted by Gasteiger charge is -2.13. The van der Waals surface area contributed by atoms with Gasteiger partial charge in [-0.05, 0) is 30.7 Å². The Kier molecular flexibility index (Phi) is 8.78. The van der Waals surface area contributed by atoms with Gasteiger partial charge in [0.15, 0.2) is 0 Å². The number of aliphatic hydroxyl groups excluding tert-OH is 1. The Bertz CT molecular complexity index is 321. The number of hydrogen-bond acceptors (Lipinski definition) is 4. The molecule has 0 saturated carbocycles. The zero-order valence-corrected chi connectivity index (χ0v) is 11.9. The van der Waals surface area contributed by atoms with Gasteiger partial charge in [0.1, 0.15) is 0 Å². The summed E-state index contributed by atoms with van der Waals surface area (Å²) in [6.45, 7) is 6.72. The fourth-order valence-electron chi connectivity index (χ4n) is 1.28. The monoisotopic (exact) mass is 258 g/mol. The highest BCUT2D eigenvalue weighted by atomic mass is 31.0. The average molecular weight is 258 g/mol. The number of hydrogen-bond donors (Lipinski definition) is 3. The van der Waals surface area contributed by atoms with Crippen LogP contribution < -0.4 is 11.1 Å². The van der Waals surface area contributed by atoms with Gasteiger partial charge in [-0.3, -0.25) is 0 Å². The number of nitrogen functional groups attached to an aromatic ring is 1. The molecule has 17 heavy (non-hydrogen) atoms. The second-order valence-electron chi connectivity index (χ2n) is 3.44. The fraction of sp³-hybridized carbons (Fsp3) is 0.500. The Morgan fingerprint density at radius 3 is 2.65 bits per heavy atom. The first-order valence-corrected chi connectivity index (χ1v) is 6.20. The third kappa shape index (κ3) is 6.47. The first-order chi connectivity index (χ1) is 8.13. The van der Waals surface area contributed by atoms with Gasteiger partial charge in [-0.1, -0.05) is 13.8 Å². The zero-order valence-electron chi connectivity index (χ0n) is 10.7. The topological polar surface area (TPSA) is 67.5 Å². The molecule has 1 rings (SSSR count). The molecule has 0 spiro atoms. The van der Waals surface area contributed by atoms with E-state index in [0.29, 0.717) is 13.2 Å². The molecule has 0 heterocycles. The number of nitrogens with one attached hydrogen (secondary N) is 1. The van der Waals surface area contributed by atoms with Gasteiger partial charge in [-0.15, -0.1) is 0 Å². The van der Waals surface area contributed by atoms with E-state index in [0.717, 1.165) is 16.9 Å². The Morgan fingerprint density at radius 1 is 1.47 bits per heavy atom. The molecular weight excluding hydrogens is 235 g/mol. The third-order valence-electron chi connectivity index (χ3n) is 2.07. The highest BCUT2D eigenvalue weighted by Gasteiger charge is 2.04. The van der Waals surface area contributed by atoms with E-state index in [1.807, 2.05) is 39.0 Å². The first-order valence-electron chi connectivity index (χ1n) is 5.73. The zero-order chi connectivity index (χ0) is 13.3. The normalized spacial score (nSPS) is 11.4. The van der Waals surface area contributed by atoms with E-state index in [2.05, 4.69) is 14.8 Å². The lowest BCUT2D eigenvalue weighted by Crippen LogP contribution is -2.23. The maximum absolute atomic E-state index is 9.43. The Balaban J connectivity index is 0.00000121. The minimum atomic E-state index is -0.514. The van der Waals surface area contributed by atoms with E-state index >= 15 is 0 Å². The summed E-state index contributed by atoms with van der Waals surface area (Å²) in [7, 11) is 2.11. The summed E-state index contributed by atoms with van der Waals surface area (Å²) in [4.78, 5) is 0. The highest BCUT2D eigenvalue weighted by molar-refractivity contribution is 7.09. The van der Waals surface area contributed by atoms with Crippen LogP contribution in [0.5, 0.6) is 0 Å². The second kappa shape index (κ2) is 9.23. The summed E-state index contributed by atoms with van der Waals surface area (Å²) in [6.07, 6.45) is -0.514. The summed E-state index contributed by atoms with van der Waals surface area (Å²) in [5.41, 5.74) is 8.42. The maximum atomic E-state index is 9.43. The molecule has 0 aromatic heterocycles. The van der Waals surface area contributed by atoms with Crippen LogP contribution in [0.25, 0.3) is 0 Å². The molecule has 4 nitrogen and oxygen atoms in total. The van der Waals surface area contributed by atoms with Crippen LogP contribution in [0.2, 0.25) is 0 Å². The molecule has 0 saturated heterocycles. The van der Waals surface area contributed by atoms with Crippen LogP contribution in [0.3, 0.4) is 0 Å². The number of anilines is 2. The van der Waals surface area contributed by atoms with Crippen LogP contribution in [-0.4, -0.2) is 24.4 Å². The number of nitrogens with two attached hydrogens (primary N) is 1. The number of benzene rings is 1. The van der Waals surface area contributed by atoms with Crippen molar-refractivity contribution in [2.45, 2.75) is 26.9 Å². The predicted molar refractivity (Wildman–Crippen MR) is 77.1 cm³/mol. The Hall–Kier alpha value is -0.830. The molecule has 2 atom stereocenters. The lowest BCUT2D eigenvalue weighted by atomic mass is 10.2. The minimum absolute atomic E-state index is 0.297. The van der Waals surface area contributed by atoms with Crippen molar-refractivity contribution < 1.29 is 9.63 Å². The molecule has 1 aromatic rings. The molecule has 0 fully saturated rings. The summed E-state index contributed by atoms with van der Waals surface area (Å²) < 4.78 is 4.75. The van der Waals surface area contributed by atoms with Crippen LogP contribution >= 0.6 is 9.47 Å². The van der Waals surface area contributed by atoms with Crippen LogP contribution in [0.15, 0.2) is 18.2 Å². The van der Waals surface area contributed by atoms with E-state index in [1.54, 1.807) is 0 Å².